The average molecular weight is 457 g/mol. The first-order valence-electron chi connectivity index (χ1n) is 9.37. The molecule has 0 aliphatic heterocycles. The first kappa shape index (κ1) is 22.4. The number of benzene rings is 2. The number of nitrogens with one attached hydrogen (secondary N) is 2. The summed E-state index contributed by atoms with van der Waals surface area (Å²) in [4.78, 5) is 36.3. The fourth-order valence-electron chi connectivity index (χ4n) is 2.59. The van der Waals surface area contributed by atoms with E-state index in [2.05, 4.69) is 20.8 Å². The Morgan fingerprint density at radius 3 is 2.55 bits per heavy atom. The first-order chi connectivity index (χ1) is 15.0. The second-order valence-electron chi connectivity index (χ2n) is 6.25. The van der Waals surface area contributed by atoms with Crippen LogP contribution in [0.5, 0.6) is 0 Å². The molecule has 0 aliphatic rings. The lowest BCUT2D eigenvalue weighted by Gasteiger charge is -2.16. The number of nitrogens with zero attached hydrogens (tertiary/aromatic N) is 2. The van der Waals surface area contributed by atoms with Crippen molar-refractivity contribution in [2.45, 2.75) is 23.4 Å². The van der Waals surface area contributed by atoms with Gasteiger partial charge in [-0.2, -0.15) is 0 Å². The van der Waals surface area contributed by atoms with Gasteiger partial charge in [-0.15, -0.1) is 10.2 Å². The molecule has 2 aromatic carbocycles. The Morgan fingerprint density at radius 2 is 1.84 bits per heavy atom. The molecule has 1 unspecified atom stereocenters. The molecule has 2 N–H and O–H groups in total. The van der Waals surface area contributed by atoms with Gasteiger partial charge in [-0.25, -0.2) is 4.79 Å². The maximum absolute atomic E-state index is 13.1. The van der Waals surface area contributed by atoms with Crippen LogP contribution in [0.4, 0.5) is 15.6 Å². The van der Waals surface area contributed by atoms with E-state index in [1.165, 1.54) is 18.7 Å². The maximum Gasteiger partial charge on any atom is 0.413 e. The number of Topliss-reactive ketones (excluding diaryl/α,β-unsaturated/α-hetero) is 1. The van der Waals surface area contributed by atoms with Crippen molar-refractivity contribution in [3.05, 3.63) is 65.7 Å². The van der Waals surface area contributed by atoms with Gasteiger partial charge in [0, 0.05) is 11.3 Å². The Hall–Kier alpha value is -3.24. The largest absolute Gasteiger partial charge is 0.450 e. The molecule has 0 fully saturated rings. The van der Waals surface area contributed by atoms with Crippen molar-refractivity contribution in [2.24, 2.45) is 0 Å². The summed E-state index contributed by atoms with van der Waals surface area (Å²) in [6.07, 6.45) is -0.613. The number of hydrogen-bond donors (Lipinski definition) is 2. The summed E-state index contributed by atoms with van der Waals surface area (Å²) in [5, 5.41) is 13.0. The molecular formula is C21H20N4O4S2. The van der Waals surface area contributed by atoms with Crippen molar-refractivity contribution in [1.29, 1.82) is 0 Å². The number of amides is 2. The van der Waals surface area contributed by atoms with Crippen molar-refractivity contribution in [2.75, 3.05) is 17.2 Å². The zero-order valence-corrected chi connectivity index (χ0v) is 18.5. The molecule has 0 saturated heterocycles. The molecule has 3 aromatic rings. The molecule has 0 radical (unpaired) electrons. The number of carbonyl (C=O) groups excluding carboxylic acids is 3. The third kappa shape index (κ3) is 6.37. The predicted molar refractivity (Wildman–Crippen MR) is 121 cm³/mol. The lowest BCUT2D eigenvalue weighted by Crippen LogP contribution is -2.19. The van der Waals surface area contributed by atoms with Crippen molar-refractivity contribution >= 4 is 51.7 Å². The second-order valence-corrected chi connectivity index (χ2v) is 8.58. The van der Waals surface area contributed by atoms with E-state index < -0.39 is 11.3 Å². The number of carbonyl (C=O) groups is 3. The van der Waals surface area contributed by atoms with Crippen molar-refractivity contribution < 1.29 is 19.1 Å². The molecule has 1 aromatic heterocycles. The highest BCUT2D eigenvalue weighted by Gasteiger charge is 2.24. The third-order valence-electron chi connectivity index (χ3n) is 3.99. The quantitative estimate of drug-likeness (QED) is 0.285. The van der Waals surface area contributed by atoms with Gasteiger partial charge in [0.15, 0.2) is 10.1 Å². The number of aromatic nitrogens is 2. The minimum atomic E-state index is -0.620. The Morgan fingerprint density at radius 1 is 1.06 bits per heavy atom. The molecule has 0 spiro atoms. The van der Waals surface area contributed by atoms with Gasteiger partial charge in [-0.3, -0.25) is 14.9 Å². The van der Waals surface area contributed by atoms with Gasteiger partial charge < -0.3 is 10.1 Å². The van der Waals surface area contributed by atoms with E-state index in [4.69, 9.17) is 4.74 Å². The summed E-state index contributed by atoms with van der Waals surface area (Å²) in [6, 6.07) is 16.0. The van der Waals surface area contributed by atoms with Gasteiger partial charge >= 0.3 is 6.09 Å². The van der Waals surface area contributed by atoms with E-state index in [-0.39, 0.29) is 23.4 Å². The Bertz CT molecular complexity index is 1070. The van der Waals surface area contributed by atoms with Crippen LogP contribution in [0.3, 0.4) is 0 Å². The Kier molecular flexibility index (Phi) is 7.74. The van der Waals surface area contributed by atoms with Crippen LogP contribution >= 0.6 is 23.1 Å². The number of thioether (sulfide) groups is 1. The summed E-state index contributed by atoms with van der Waals surface area (Å²) in [7, 11) is 0. The minimum absolute atomic E-state index is 0.0828. The number of anilines is 2. The predicted octanol–water partition coefficient (Wildman–Crippen LogP) is 4.78. The van der Waals surface area contributed by atoms with Gasteiger partial charge in [0.25, 0.3) is 0 Å². The summed E-state index contributed by atoms with van der Waals surface area (Å²) in [5.74, 6) is -0.354. The fraction of sp³-hybridized carbons (Fsp3) is 0.190. The van der Waals surface area contributed by atoms with E-state index in [0.29, 0.717) is 15.6 Å². The van der Waals surface area contributed by atoms with Gasteiger partial charge in [-0.1, -0.05) is 65.6 Å². The number of rotatable bonds is 8. The van der Waals surface area contributed by atoms with Crippen LogP contribution in [0.15, 0.2) is 58.9 Å². The highest BCUT2D eigenvalue weighted by atomic mass is 32.2. The van der Waals surface area contributed by atoms with Crippen LogP contribution < -0.4 is 10.6 Å². The summed E-state index contributed by atoms with van der Waals surface area (Å²) < 4.78 is 5.34. The van der Waals surface area contributed by atoms with E-state index >= 15 is 0 Å². The molecule has 1 atom stereocenters. The lowest BCUT2D eigenvalue weighted by atomic mass is 10.1. The van der Waals surface area contributed by atoms with E-state index in [1.807, 2.05) is 30.3 Å². The average Bonchev–Trinajstić information content (AvgIpc) is 3.19. The third-order valence-corrected chi connectivity index (χ3v) is 6.16. The number of hydrogen-bond acceptors (Lipinski definition) is 8. The molecule has 2 amide bonds. The Balaban J connectivity index is 1.79. The lowest BCUT2D eigenvalue weighted by molar-refractivity contribution is -0.115. The molecule has 0 bridgehead atoms. The molecule has 3 rings (SSSR count). The van der Waals surface area contributed by atoms with Gasteiger partial charge in [0.2, 0.25) is 11.0 Å². The molecule has 31 heavy (non-hydrogen) atoms. The standard InChI is InChI=1S/C21H20N4O4S2/c1-3-29-20(28)23-19-24-25-21(31-19)30-17(14-8-5-4-6-9-14)18(27)22-16-11-7-10-15(12-16)13(2)26/h4-12,17H,3H2,1-2H3,(H,22,27)(H,23,24,28). The van der Waals surface area contributed by atoms with Crippen LogP contribution in [-0.2, 0) is 9.53 Å². The molecule has 1 heterocycles. The van der Waals surface area contributed by atoms with Gasteiger partial charge in [-0.05, 0) is 31.5 Å². The van der Waals surface area contributed by atoms with Crippen molar-refractivity contribution in [3.63, 3.8) is 0 Å². The minimum Gasteiger partial charge on any atom is -0.450 e. The van der Waals surface area contributed by atoms with E-state index in [9.17, 15) is 14.4 Å². The van der Waals surface area contributed by atoms with Crippen LogP contribution in [-0.4, -0.2) is 34.6 Å². The highest BCUT2D eigenvalue weighted by molar-refractivity contribution is 8.02. The van der Waals surface area contributed by atoms with Crippen LogP contribution in [0.1, 0.15) is 35.0 Å². The van der Waals surface area contributed by atoms with E-state index in [0.717, 1.165) is 16.9 Å². The molecule has 0 saturated carbocycles. The summed E-state index contributed by atoms with van der Waals surface area (Å²) >= 11 is 2.36. The number of ether oxygens (including phenoxy) is 1. The van der Waals surface area contributed by atoms with Crippen molar-refractivity contribution in [1.82, 2.24) is 10.2 Å². The van der Waals surface area contributed by atoms with Gasteiger partial charge in [0.05, 0.1) is 6.61 Å². The van der Waals surface area contributed by atoms with Crippen LogP contribution in [0.2, 0.25) is 0 Å². The molecule has 0 aliphatic carbocycles. The molecule has 8 nitrogen and oxygen atoms in total. The van der Waals surface area contributed by atoms with Crippen LogP contribution in [0.25, 0.3) is 0 Å². The van der Waals surface area contributed by atoms with Crippen LogP contribution in [0, 0.1) is 0 Å². The van der Waals surface area contributed by atoms with E-state index in [1.54, 1.807) is 31.2 Å². The zero-order chi connectivity index (χ0) is 22.2. The Labute approximate surface area is 187 Å². The first-order valence-corrected chi connectivity index (χ1v) is 11.1. The zero-order valence-electron chi connectivity index (χ0n) is 16.8. The molecule has 10 heteroatoms. The molecular weight excluding hydrogens is 436 g/mol. The summed E-state index contributed by atoms with van der Waals surface area (Å²) in [6.45, 7) is 3.42. The fourth-order valence-corrected chi connectivity index (χ4v) is 4.52. The highest BCUT2D eigenvalue weighted by Crippen LogP contribution is 2.38. The van der Waals surface area contributed by atoms with Crippen molar-refractivity contribution in [3.8, 4) is 0 Å². The normalized spacial score (nSPS) is 11.4. The maximum atomic E-state index is 13.1. The number of ketones is 1. The smallest absolute Gasteiger partial charge is 0.413 e. The second kappa shape index (κ2) is 10.7. The summed E-state index contributed by atoms with van der Waals surface area (Å²) in [5.41, 5.74) is 1.82. The monoisotopic (exact) mass is 456 g/mol. The van der Waals surface area contributed by atoms with Gasteiger partial charge in [0.1, 0.15) is 5.25 Å². The molecule has 160 valence electrons. The SMILES string of the molecule is CCOC(=O)Nc1nnc(SC(C(=O)Nc2cccc(C(C)=O)c2)c2ccccc2)s1. The topological polar surface area (TPSA) is 110 Å².